The number of carbonyl (C=O) groups is 1. The Morgan fingerprint density at radius 1 is 1.53 bits per heavy atom. The molecule has 1 fully saturated rings. The summed E-state index contributed by atoms with van der Waals surface area (Å²) < 4.78 is 10.4. The van der Waals surface area contributed by atoms with Crippen LogP contribution in [0.5, 0.6) is 0 Å². The fraction of sp³-hybridized carbons (Fsp3) is 0.615. The Kier molecular flexibility index (Phi) is 3.24. The van der Waals surface area contributed by atoms with Gasteiger partial charge >= 0.3 is 5.97 Å². The molecule has 94 valence electrons. The average molecular weight is 237 g/mol. The topological polar surface area (TPSA) is 42.7 Å². The minimum absolute atomic E-state index is 0.0834. The molecule has 4 heteroatoms. The van der Waals surface area contributed by atoms with Crippen LogP contribution < -0.4 is 0 Å². The van der Waals surface area contributed by atoms with E-state index < -0.39 is 0 Å². The second-order valence-corrected chi connectivity index (χ2v) is 4.96. The molecule has 2 rings (SSSR count). The number of aryl methyl sites for hydroxylation is 1. The highest BCUT2D eigenvalue weighted by Crippen LogP contribution is 2.47. The van der Waals surface area contributed by atoms with Crippen LogP contribution in [0.4, 0.5) is 0 Å². The van der Waals surface area contributed by atoms with E-state index in [-0.39, 0.29) is 11.4 Å². The van der Waals surface area contributed by atoms with Gasteiger partial charge in [-0.2, -0.15) is 0 Å². The third kappa shape index (κ3) is 2.69. The minimum atomic E-state index is -0.259. The van der Waals surface area contributed by atoms with Gasteiger partial charge < -0.3 is 9.15 Å². The molecule has 1 saturated carbocycles. The van der Waals surface area contributed by atoms with Gasteiger partial charge in [0.15, 0.2) is 0 Å². The lowest BCUT2D eigenvalue weighted by Crippen LogP contribution is -2.32. The van der Waals surface area contributed by atoms with Crippen molar-refractivity contribution in [2.24, 2.45) is 5.41 Å². The molecule has 0 aliphatic heterocycles. The van der Waals surface area contributed by atoms with Gasteiger partial charge in [0, 0.05) is 6.54 Å². The van der Waals surface area contributed by atoms with Crippen LogP contribution in [0.1, 0.15) is 24.4 Å². The molecule has 0 amide bonds. The molecule has 1 aliphatic carbocycles. The summed E-state index contributed by atoms with van der Waals surface area (Å²) in [4.78, 5) is 13.7. The summed E-state index contributed by atoms with van der Waals surface area (Å²) in [7, 11) is 3.46. The zero-order chi connectivity index (χ0) is 12.5. The monoisotopic (exact) mass is 237 g/mol. The molecule has 0 bridgehead atoms. The third-order valence-electron chi connectivity index (χ3n) is 3.27. The van der Waals surface area contributed by atoms with Gasteiger partial charge in [-0.25, -0.2) is 0 Å². The van der Waals surface area contributed by atoms with Crippen LogP contribution in [-0.4, -0.2) is 31.6 Å². The SMILES string of the molecule is COC(=O)C1(CN(C)Cc2ccc(C)o2)CC1. The maximum atomic E-state index is 11.6. The molecule has 0 N–H and O–H groups in total. The highest BCUT2D eigenvalue weighted by molar-refractivity contribution is 5.80. The number of hydrogen-bond donors (Lipinski definition) is 0. The van der Waals surface area contributed by atoms with E-state index in [9.17, 15) is 4.79 Å². The maximum Gasteiger partial charge on any atom is 0.313 e. The summed E-state index contributed by atoms with van der Waals surface area (Å²) in [6.45, 7) is 3.40. The number of hydrogen-bond acceptors (Lipinski definition) is 4. The average Bonchev–Trinajstić information content (AvgIpc) is 2.95. The quantitative estimate of drug-likeness (QED) is 0.734. The standard InChI is InChI=1S/C13H19NO3/c1-10-4-5-11(17-10)8-14(2)9-13(6-7-13)12(15)16-3/h4-5H,6-9H2,1-3H3. The Balaban J connectivity index is 1.89. The first kappa shape index (κ1) is 12.2. The Labute approximate surface area is 102 Å². The second kappa shape index (κ2) is 4.53. The van der Waals surface area contributed by atoms with Crippen molar-refractivity contribution in [2.75, 3.05) is 20.7 Å². The van der Waals surface area contributed by atoms with Gasteiger partial charge in [-0.05, 0) is 38.9 Å². The van der Waals surface area contributed by atoms with Crippen molar-refractivity contribution in [3.8, 4) is 0 Å². The smallest absolute Gasteiger partial charge is 0.313 e. The number of rotatable bonds is 5. The second-order valence-electron chi connectivity index (χ2n) is 4.96. The van der Waals surface area contributed by atoms with Crippen molar-refractivity contribution in [3.63, 3.8) is 0 Å². The number of methoxy groups -OCH3 is 1. The zero-order valence-corrected chi connectivity index (χ0v) is 10.7. The van der Waals surface area contributed by atoms with Crippen molar-refractivity contribution in [1.82, 2.24) is 4.90 Å². The summed E-state index contributed by atoms with van der Waals surface area (Å²) >= 11 is 0. The first-order valence-corrected chi connectivity index (χ1v) is 5.88. The van der Waals surface area contributed by atoms with E-state index in [2.05, 4.69) is 4.90 Å². The van der Waals surface area contributed by atoms with Crippen LogP contribution in [0.15, 0.2) is 16.5 Å². The Bertz CT molecular complexity index is 407. The molecule has 0 unspecified atom stereocenters. The van der Waals surface area contributed by atoms with Crippen molar-refractivity contribution in [2.45, 2.75) is 26.3 Å². The highest BCUT2D eigenvalue weighted by atomic mass is 16.5. The lowest BCUT2D eigenvalue weighted by molar-refractivity contribution is -0.147. The normalized spacial score (nSPS) is 17.2. The van der Waals surface area contributed by atoms with Crippen LogP contribution in [0, 0.1) is 12.3 Å². The molecule has 1 aliphatic rings. The highest BCUT2D eigenvalue weighted by Gasteiger charge is 2.51. The molecular formula is C13H19NO3. The molecule has 1 aromatic rings. The van der Waals surface area contributed by atoms with Gasteiger partial charge in [0.05, 0.1) is 19.1 Å². The van der Waals surface area contributed by atoms with E-state index in [1.807, 2.05) is 26.1 Å². The fourth-order valence-electron chi connectivity index (χ4n) is 2.20. The van der Waals surface area contributed by atoms with Crippen LogP contribution in [0.3, 0.4) is 0 Å². The molecule has 1 aromatic heterocycles. The van der Waals surface area contributed by atoms with Crippen molar-refractivity contribution in [1.29, 1.82) is 0 Å². The first-order chi connectivity index (χ1) is 8.05. The number of ether oxygens (including phenoxy) is 1. The molecule has 0 saturated heterocycles. The number of carbonyl (C=O) groups excluding carboxylic acids is 1. The summed E-state index contributed by atoms with van der Waals surface area (Å²) in [6, 6.07) is 3.93. The van der Waals surface area contributed by atoms with Crippen LogP contribution in [-0.2, 0) is 16.1 Å². The van der Waals surface area contributed by atoms with Gasteiger partial charge in [0.25, 0.3) is 0 Å². The van der Waals surface area contributed by atoms with Gasteiger partial charge in [-0.15, -0.1) is 0 Å². The zero-order valence-electron chi connectivity index (χ0n) is 10.7. The summed E-state index contributed by atoms with van der Waals surface area (Å²) in [5.74, 6) is 1.77. The van der Waals surface area contributed by atoms with Crippen LogP contribution >= 0.6 is 0 Å². The molecule has 4 nitrogen and oxygen atoms in total. The van der Waals surface area contributed by atoms with E-state index >= 15 is 0 Å². The first-order valence-electron chi connectivity index (χ1n) is 5.88. The maximum absolute atomic E-state index is 11.6. The predicted octanol–water partition coefficient (Wildman–Crippen LogP) is 1.97. The van der Waals surface area contributed by atoms with Gasteiger partial charge in [0.1, 0.15) is 11.5 Å². The summed E-state index contributed by atoms with van der Waals surface area (Å²) in [5.41, 5.74) is -0.259. The van der Waals surface area contributed by atoms with E-state index in [1.54, 1.807) is 0 Å². The van der Waals surface area contributed by atoms with Crippen LogP contribution in [0.2, 0.25) is 0 Å². The molecule has 17 heavy (non-hydrogen) atoms. The van der Waals surface area contributed by atoms with E-state index in [4.69, 9.17) is 9.15 Å². The number of esters is 1. The molecule has 0 atom stereocenters. The van der Waals surface area contributed by atoms with Crippen molar-refractivity contribution in [3.05, 3.63) is 23.7 Å². The summed E-state index contributed by atoms with van der Waals surface area (Å²) in [5, 5.41) is 0. The fourth-order valence-corrected chi connectivity index (χ4v) is 2.20. The van der Waals surface area contributed by atoms with E-state index in [0.29, 0.717) is 0 Å². The molecular weight excluding hydrogens is 218 g/mol. The lowest BCUT2D eigenvalue weighted by Gasteiger charge is -2.20. The van der Waals surface area contributed by atoms with Gasteiger partial charge in [-0.3, -0.25) is 9.69 Å². The van der Waals surface area contributed by atoms with Gasteiger partial charge in [-0.1, -0.05) is 0 Å². The Hall–Kier alpha value is -1.29. The Morgan fingerprint density at radius 2 is 2.24 bits per heavy atom. The van der Waals surface area contributed by atoms with Crippen molar-refractivity contribution < 1.29 is 13.9 Å². The van der Waals surface area contributed by atoms with E-state index in [1.165, 1.54) is 7.11 Å². The number of furan rings is 1. The van der Waals surface area contributed by atoms with E-state index in [0.717, 1.165) is 37.5 Å². The molecule has 0 radical (unpaired) electrons. The van der Waals surface area contributed by atoms with Gasteiger partial charge in [0.2, 0.25) is 0 Å². The molecule has 1 heterocycles. The lowest BCUT2D eigenvalue weighted by atomic mass is 10.1. The third-order valence-corrected chi connectivity index (χ3v) is 3.27. The summed E-state index contributed by atoms with van der Waals surface area (Å²) in [6.07, 6.45) is 1.86. The van der Waals surface area contributed by atoms with Crippen molar-refractivity contribution >= 4 is 5.97 Å². The molecule has 0 spiro atoms. The number of nitrogens with zero attached hydrogens (tertiary/aromatic N) is 1. The Morgan fingerprint density at radius 3 is 2.71 bits per heavy atom. The minimum Gasteiger partial charge on any atom is -0.469 e. The largest absolute Gasteiger partial charge is 0.469 e. The van der Waals surface area contributed by atoms with Crippen LogP contribution in [0.25, 0.3) is 0 Å². The molecule has 0 aromatic carbocycles. The predicted molar refractivity (Wildman–Crippen MR) is 63.5 cm³/mol.